The number of hydrogen-bond donors (Lipinski definition) is 3. The zero-order chi connectivity index (χ0) is 26.6. The van der Waals surface area contributed by atoms with Gasteiger partial charge >= 0.3 is 6.18 Å². The zero-order valence-electron chi connectivity index (χ0n) is 19.8. The van der Waals surface area contributed by atoms with Gasteiger partial charge in [0.2, 0.25) is 5.91 Å². The lowest BCUT2D eigenvalue weighted by molar-refractivity contribution is -0.207. The molecule has 2 bridgehead atoms. The van der Waals surface area contributed by atoms with Gasteiger partial charge in [-0.05, 0) is 38.7 Å². The molecular formula is C24H25F3N6O4. The Labute approximate surface area is 208 Å². The van der Waals surface area contributed by atoms with Crippen molar-refractivity contribution in [3.8, 4) is 11.1 Å². The molecule has 2 aliphatic heterocycles. The average molecular weight is 518 g/mol. The van der Waals surface area contributed by atoms with Crippen molar-refractivity contribution in [1.29, 1.82) is 0 Å². The second-order valence-corrected chi connectivity index (χ2v) is 9.54. The number of aliphatic hydroxyl groups excluding tert-OH is 2. The molecule has 37 heavy (non-hydrogen) atoms. The first-order valence-corrected chi connectivity index (χ1v) is 11.8. The number of amides is 1. The van der Waals surface area contributed by atoms with Gasteiger partial charge in [0.15, 0.2) is 17.5 Å². The lowest BCUT2D eigenvalue weighted by atomic mass is 9.85. The molecule has 3 unspecified atom stereocenters. The minimum Gasteiger partial charge on any atom is -0.387 e. The molecule has 0 saturated carbocycles. The molecule has 0 aliphatic carbocycles. The minimum atomic E-state index is -4.84. The normalized spacial score (nSPS) is 22.4. The summed E-state index contributed by atoms with van der Waals surface area (Å²) in [4.78, 5) is 35.2. The Morgan fingerprint density at radius 3 is 2.41 bits per heavy atom. The van der Waals surface area contributed by atoms with Crippen LogP contribution in [0.5, 0.6) is 0 Å². The second kappa shape index (κ2) is 9.06. The van der Waals surface area contributed by atoms with Gasteiger partial charge in [-0.1, -0.05) is 6.07 Å². The number of aliphatic hydroxyl groups is 2. The maximum atomic E-state index is 12.8. The molecular weight excluding hydrogens is 493 g/mol. The number of piperidine rings is 1. The lowest BCUT2D eigenvalue weighted by Crippen LogP contribution is -2.47. The molecule has 3 aromatic rings. The molecule has 3 aromatic heterocycles. The van der Waals surface area contributed by atoms with E-state index in [1.54, 1.807) is 4.90 Å². The highest BCUT2D eigenvalue weighted by Crippen LogP contribution is 2.44. The van der Waals surface area contributed by atoms with E-state index < -0.39 is 24.6 Å². The predicted octanol–water partition coefficient (Wildman–Crippen LogP) is 2.40. The first-order chi connectivity index (χ1) is 17.5. The summed E-state index contributed by atoms with van der Waals surface area (Å²) in [5, 5.41) is 23.1. The Hall–Kier alpha value is -3.58. The number of fused-ring (bicyclic) bond motifs is 3. The molecule has 2 aliphatic rings. The number of nitrogen functional groups attached to an aromatic ring is 1. The predicted molar refractivity (Wildman–Crippen MR) is 124 cm³/mol. The highest BCUT2D eigenvalue weighted by atomic mass is 19.4. The molecule has 1 amide bonds. The third-order valence-corrected chi connectivity index (χ3v) is 7.29. The van der Waals surface area contributed by atoms with Crippen molar-refractivity contribution in [2.45, 2.75) is 62.9 Å². The van der Waals surface area contributed by atoms with Crippen LogP contribution in [0, 0.1) is 0 Å². The Morgan fingerprint density at radius 1 is 1.19 bits per heavy atom. The zero-order valence-corrected chi connectivity index (χ0v) is 19.8. The fourth-order valence-electron chi connectivity index (χ4n) is 5.68. The van der Waals surface area contributed by atoms with E-state index >= 15 is 0 Å². The van der Waals surface area contributed by atoms with E-state index in [2.05, 4.69) is 10.1 Å². The molecule has 0 spiro atoms. The number of pyridine rings is 1. The fourth-order valence-corrected chi connectivity index (χ4v) is 5.68. The van der Waals surface area contributed by atoms with Gasteiger partial charge in [-0.3, -0.25) is 14.6 Å². The SMILES string of the molecule is CC(=O)c1c(C2CC3CC[C@@H](C2)N3C(=O)CO)nc2c(-c3ccc(C(O)C(F)(F)F)nc3)cnn2c1N. The Kier molecular flexibility index (Phi) is 6.15. The molecule has 196 valence electrons. The largest absolute Gasteiger partial charge is 0.420 e. The third-order valence-electron chi connectivity index (χ3n) is 7.29. The summed E-state index contributed by atoms with van der Waals surface area (Å²) in [5.41, 5.74) is 7.74. The van der Waals surface area contributed by atoms with Crippen molar-refractivity contribution in [1.82, 2.24) is 24.5 Å². The number of anilines is 1. The third kappa shape index (κ3) is 4.21. The highest BCUT2D eigenvalue weighted by molar-refractivity contribution is 6.00. The van der Waals surface area contributed by atoms with Crippen molar-refractivity contribution in [2.24, 2.45) is 0 Å². The maximum Gasteiger partial charge on any atom is 0.420 e. The van der Waals surface area contributed by atoms with Crippen molar-refractivity contribution in [3.05, 3.63) is 41.5 Å². The van der Waals surface area contributed by atoms with Crippen LogP contribution in [0.15, 0.2) is 24.5 Å². The summed E-state index contributed by atoms with van der Waals surface area (Å²) in [7, 11) is 0. The van der Waals surface area contributed by atoms with E-state index in [0.717, 1.165) is 18.9 Å². The van der Waals surface area contributed by atoms with Crippen molar-refractivity contribution >= 4 is 23.2 Å². The summed E-state index contributed by atoms with van der Waals surface area (Å²) in [5.74, 6) is -0.675. The van der Waals surface area contributed by atoms with Gasteiger partial charge in [-0.15, -0.1) is 0 Å². The van der Waals surface area contributed by atoms with Crippen molar-refractivity contribution < 1.29 is 33.0 Å². The number of ketones is 1. The number of nitrogens with zero attached hydrogens (tertiary/aromatic N) is 5. The van der Waals surface area contributed by atoms with Crippen LogP contribution in [-0.2, 0) is 4.79 Å². The number of halogens is 3. The standard InChI is InChI=1S/C24H25F3N6O4/c1-11(35)19-20(13-6-14-3-4-15(7-13)32(14)18(36)10-34)31-23-16(9-30-33(23)22(19)28)12-2-5-17(29-8-12)21(37)24(25,26)27/h2,5,8-9,13-15,21,34,37H,3-4,6-7,10,28H2,1H3/t13?,14-,15?,21?/m0/s1. The van der Waals surface area contributed by atoms with E-state index in [1.165, 1.54) is 29.9 Å². The number of carbonyl (C=O) groups is 2. The summed E-state index contributed by atoms with van der Waals surface area (Å²) in [6, 6.07) is 2.30. The van der Waals surface area contributed by atoms with Gasteiger partial charge in [0.05, 0.1) is 23.1 Å². The summed E-state index contributed by atoms with van der Waals surface area (Å²) in [6.07, 6.45) is -2.22. The number of alkyl halides is 3. The Balaban J connectivity index is 1.56. The molecule has 4 atom stereocenters. The Morgan fingerprint density at radius 2 is 1.86 bits per heavy atom. The van der Waals surface area contributed by atoms with Crippen LogP contribution in [0.25, 0.3) is 16.8 Å². The maximum absolute atomic E-state index is 12.8. The summed E-state index contributed by atoms with van der Waals surface area (Å²) < 4.78 is 39.8. The van der Waals surface area contributed by atoms with Crippen LogP contribution in [0.3, 0.4) is 0 Å². The van der Waals surface area contributed by atoms with Crippen LogP contribution in [-0.4, -0.2) is 71.3 Å². The Bertz CT molecular complexity index is 1360. The van der Waals surface area contributed by atoms with Gasteiger partial charge < -0.3 is 20.8 Å². The van der Waals surface area contributed by atoms with Crippen LogP contribution in [0.1, 0.15) is 66.4 Å². The summed E-state index contributed by atoms with van der Waals surface area (Å²) in [6.45, 7) is 0.834. The van der Waals surface area contributed by atoms with Crippen molar-refractivity contribution in [2.75, 3.05) is 12.3 Å². The summed E-state index contributed by atoms with van der Waals surface area (Å²) >= 11 is 0. The topological polar surface area (TPSA) is 147 Å². The van der Waals surface area contributed by atoms with Crippen LogP contribution < -0.4 is 5.73 Å². The van der Waals surface area contributed by atoms with E-state index in [1.807, 2.05) is 0 Å². The van der Waals surface area contributed by atoms with Crippen LogP contribution in [0.2, 0.25) is 0 Å². The molecule has 13 heteroatoms. The van der Waals surface area contributed by atoms with E-state index in [4.69, 9.17) is 10.7 Å². The van der Waals surface area contributed by atoms with E-state index in [-0.39, 0.29) is 41.1 Å². The monoisotopic (exact) mass is 518 g/mol. The number of aromatic nitrogens is 4. The highest BCUT2D eigenvalue weighted by Gasteiger charge is 2.45. The smallest absolute Gasteiger partial charge is 0.387 e. The van der Waals surface area contributed by atoms with Gasteiger partial charge in [0, 0.05) is 35.3 Å². The first kappa shape index (κ1) is 25.1. The molecule has 4 N–H and O–H groups in total. The van der Waals surface area contributed by atoms with E-state index in [0.29, 0.717) is 35.3 Å². The number of nitrogens with two attached hydrogens (primary N) is 1. The second-order valence-electron chi connectivity index (χ2n) is 9.54. The molecule has 2 fully saturated rings. The van der Waals surface area contributed by atoms with Crippen LogP contribution in [0.4, 0.5) is 19.0 Å². The van der Waals surface area contributed by atoms with Gasteiger partial charge in [0.25, 0.3) is 0 Å². The molecule has 5 heterocycles. The van der Waals surface area contributed by atoms with Crippen molar-refractivity contribution in [3.63, 3.8) is 0 Å². The lowest BCUT2D eigenvalue weighted by Gasteiger charge is -2.39. The van der Waals surface area contributed by atoms with Gasteiger partial charge in [-0.25, -0.2) is 4.98 Å². The van der Waals surface area contributed by atoms with Gasteiger partial charge in [0.1, 0.15) is 12.4 Å². The first-order valence-electron chi connectivity index (χ1n) is 11.8. The van der Waals surface area contributed by atoms with E-state index in [9.17, 15) is 33.0 Å². The fraction of sp³-hybridized carbons (Fsp3) is 0.458. The minimum absolute atomic E-state index is 0.0800. The van der Waals surface area contributed by atoms with Crippen LogP contribution >= 0.6 is 0 Å². The molecule has 0 aromatic carbocycles. The van der Waals surface area contributed by atoms with Gasteiger partial charge in [-0.2, -0.15) is 22.8 Å². The molecule has 5 rings (SSSR count). The average Bonchev–Trinajstić information content (AvgIpc) is 3.40. The molecule has 0 radical (unpaired) electrons. The number of carbonyl (C=O) groups excluding carboxylic acids is 2. The molecule has 10 nitrogen and oxygen atoms in total. The molecule has 2 saturated heterocycles. The number of hydrogen-bond acceptors (Lipinski definition) is 8. The number of rotatable bonds is 5. The quantitative estimate of drug-likeness (QED) is 0.437. The number of Topliss-reactive ketones (excluding diaryl/α,β-unsaturated/α-hetero) is 1.